The first-order valence-electron chi connectivity index (χ1n) is 17.5. The SMILES string of the molecule is O=[N+]([O-])c1ccc(-c2c3nc(c(-c4ccccc4)c4[nH]c(c(Br)c4Br)c(-c4ccccc4)c4nc(c(-c5ccccc5)c5[nH]c2c(Br)c5Br)C(Br)=C4Br)C(Br)=C3Br)cc1. The number of hydrogen-bond acceptors (Lipinski definition) is 4. The fourth-order valence-corrected chi connectivity index (χ4v) is 11.1. The molecule has 2 aliphatic rings. The zero-order valence-electron chi connectivity index (χ0n) is 29.7. The van der Waals surface area contributed by atoms with Gasteiger partial charge in [-0.2, -0.15) is 0 Å². The monoisotopic (exact) mass is 1280 g/mol. The van der Waals surface area contributed by atoms with Gasteiger partial charge in [0.25, 0.3) is 5.69 Å². The van der Waals surface area contributed by atoms with Crippen LogP contribution < -0.4 is 0 Å². The number of aromatic amines is 2. The van der Waals surface area contributed by atoms with Crippen molar-refractivity contribution < 1.29 is 4.92 Å². The Morgan fingerprint density at radius 3 is 0.898 bits per heavy atom. The van der Waals surface area contributed by atoms with Crippen LogP contribution in [0.1, 0.15) is 22.8 Å². The Kier molecular flexibility index (Phi) is 11.5. The highest BCUT2D eigenvalue weighted by Gasteiger charge is 2.31. The van der Waals surface area contributed by atoms with Crippen molar-refractivity contribution in [1.82, 2.24) is 19.9 Å². The Bertz CT molecular complexity index is 3110. The molecule has 7 aromatic rings. The van der Waals surface area contributed by atoms with Gasteiger partial charge in [-0.25, -0.2) is 9.97 Å². The van der Waals surface area contributed by atoms with Gasteiger partial charge in [-0.1, -0.05) is 91.0 Å². The van der Waals surface area contributed by atoms with Crippen LogP contribution in [0, 0.1) is 10.1 Å². The summed E-state index contributed by atoms with van der Waals surface area (Å²) in [5.74, 6) is 0. The summed E-state index contributed by atoms with van der Waals surface area (Å²) in [6.45, 7) is 0. The summed E-state index contributed by atoms with van der Waals surface area (Å²) in [5, 5.41) is 11.8. The van der Waals surface area contributed by atoms with E-state index in [-0.39, 0.29) is 5.69 Å². The van der Waals surface area contributed by atoms with Crippen LogP contribution in [0.3, 0.4) is 0 Å². The molecule has 9 rings (SSSR count). The van der Waals surface area contributed by atoms with Gasteiger partial charge in [-0.3, -0.25) is 10.1 Å². The molecule has 8 bridgehead atoms. The third kappa shape index (κ3) is 7.07. The second kappa shape index (κ2) is 16.5. The fourth-order valence-electron chi connectivity index (χ4n) is 7.26. The molecule has 0 amide bonds. The lowest BCUT2D eigenvalue weighted by molar-refractivity contribution is -0.384. The number of nitrogens with one attached hydrogen (secondary N) is 2. The summed E-state index contributed by atoms with van der Waals surface area (Å²) in [4.78, 5) is 30.0. The number of rotatable bonds is 5. The number of benzene rings is 4. The number of fused-ring (bicyclic) bond motifs is 8. The van der Waals surface area contributed by atoms with E-state index in [2.05, 4.69) is 174 Å². The lowest BCUT2D eigenvalue weighted by atomic mass is 10.0. The van der Waals surface area contributed by atoms with Crippen LogP contribution in [0.5, 0.6) is 0 Å². The van der Waals surface area contributed by atoms with Crippen molar-refractivity contribution in [2.75, 3.05) is 0 Å². The van der Waals surface area contributed by atoms with Crippen molar-refractivity contribution in [1.29, 1.82) is 0 Å². The molecule has 290 valence electrons. The first-order chi connectivity index (χ1) is 28.5. The first-order valence-corrected chi connectivity index (χ1v) is 23.9. The topological polar surface area (TPSA) is 100 Å². The van der Waals surface area contributed by atoms with Gasteiger partial charge in [0.1, 0.15) is 0 Å². The van der Waals surface area contributed by atoms with Crippen LogP contribution in [0.25, 0.3) is 84.5 Å². The van der Waals surface area contributed by atoms with Gasteiger partial charge in [0, 0.05) is 34.4 Å². The van der Waals surface area contributed by atoms with Crippen LogP contribution in [0.4, 0.5) is 5.69 Å². The molecule has 0 radical (unpaired) electrons. The van der Waals surface area contributed by atoms with E-state index in [1.807, 2.05) is 54.6 Å². The molecule has 0 fully saturated rings. The maximum absolute atomic E-state index is 11.8. The average molecular weight is 1290 g/mol. The largest absolute Gasteiger partial charge is 0.352 e. The molecular formula is C44H21Br8N5O2. The maximum atomic E-state index is 11.8. The van der Waals surface area contributed by atoms with Gasteiger partial charge in [-0.05, 0) is 162 Å². The van der Waals surface area contributed by atoms with E-state index in [0.717, 1.165) is 76.8 Å². The summed E-state index contributed by atoms with van der Waals surface area (Å²) in [6, 6.07) is 36.8. The number of nitro benzene ring substituents is 1. The van der Waals surface area contributed by atoms with E-state index in [1.165, 1.54) is 12.1 Å². The molecule has 0 spiro atoms. The summed E-state index contributed by atoms with van der Waals surface area (Å²) in [5.41, 5.74) is 12.3. The molecule has 59 heavy (non-hydrogen) atoms. The molecule has 0 unspecified atom stereocenters. The van der Waals surface area contributed by atoms with E-state index in [0.29, 0.717) is 48.4 Å². The zero-order valence-corrected chi connectivity index (χ0v) is 42.3. The van der Waals surface area contributed by atoms with E-state index >= 15 is 0 Å². The number of hydrogen-bond donors (Lipinski definition) is 2. The molecule has 0 saturated heterocycles. The van der Waals surface area contributed by atoms with Crippen molar-refractivity contribution in [3.05, 3.63) is 166 Å². The number of aromatic nitrogens is 4. The van der Waals surface area contributed by atoms with Crippen molar-refractivity contribution in [2.24, 2.45) is 0 Å². The zero-order chi connectivity index (χ0) is 41.3. The molecule has 7 nitrogen and oxygen atoms in total. The molecule has 2 aliphatic heterocycles. The highest BCUT2D eigenvalue weighted by molar-refractivity contribution is 9.18. The van der Waals surface area contributed by atoms with Crippen molar-refractivity contribution >= 4 is 173 Å². The number of non-ortho nitro benzene ring substituents is 1. The quantitative estimate of drug-likeness (QED) is 0.132. The second-order valence-electron chi connectivity index (χ2n) is 13.3. The minimum Gasteiger partial charge on any atom is -0.352 e. The number of halogens is 8. The standard InChI is InChI=1S/C44H21Br8N5O2/c45-29-31(47)39-26(21-12-6-2-7-13-21)41-33(49)35(51)43(55-41)28(23-16-18-24(19-17-23)57(58)59)44-36(52)34(50)42(56-44)27(22-14-8-3-9-15-22)40-32(48)30(46)38(54-40)25(37(29)53-39)20-10-4-1-5-11-20/h1-19,53,56H. The Balaban J connectivity index is 1.61. The minimum atomic E-state index is -0.404. The van der Waals surface area contributed by atoms with E-state index in [4.69, 9.17) is 9.97 Å². The molecule has 4 aromatic carbocycles. The predicted octanol–water partition coefficient (Wildman–Crippen LogP) is 17.2. The number of nitrogens with zero attached hydrogens (tertiary/aromatic N) is 3. The molecule has 0 aliphatic carbocycles. The van der Waals surface area contributed by atoms with E-state index in [9.17, 15) is 10.1 Å². The highest BCUT2D eigenvalue weighted by Crippen LogP contribution is 2.53. The lowest BCUT2D eigenvalue weighted by Crippen LogP contribution is -1.91. The van der Waals surface area contributed by atoms with Gasteiger partial charge in [-0.15, -0.1) is 0 Å². The highest BCUT2D eigenvalue weighted by atomic mass is 79.9. The fraction of sp³-hybridized carbons (Fsp3) is 0. The van der Waals surface area contributed by atoms with E-state index in [1.54, 1.807) is 12.1 Å². The Morgan fingerprint density at radius 1 is 0.390 bits per heavy atom. The molecule has 2 N–H and O–H groups in total. The normalized spacial score (nSPS) is 12.7. The molecule has 3 aromatic heterocycles. The maximum Gasteiger partial charge on any atom is 0.269 e. The van der Waals surface area contributed by atoms with Gasteiger partial charge in [0.2, 0.25) is 0 Å². The average Bonchev–Trinajstić information content (AvgIpc) is 3.91. The summed E-state index contributed by atoms with van der Waals surface area (Å²) in [6.07, 6.45) is 0. The molecule has 5 heterocycles. The Morgan fingerprint density at radius 2 is 0.644 bits per heavy atom. The predicted molar refractivity (Wildman–Crippen MR) is 270 cm³/mol. The summed E-state index contributed by atoms with van der Waals surface area (Å²) < 4.78 is 5.98. The lowest BCUT2D eigenvalue weighted by Gasteiger charge is -2.08. The van der Waals surface area contributed by atoms with Gasteiger partial charge in [0.05, 0.1) is 85.6 Å². The first kappa shape index (κ1) is 41.1. The number of nitro groups is 1. The van der Waals surface area contributed by atoms with Crippen molar-refractivity contribution in [3.8, 4) is 44.5 Å². The Hall–Kier alpha value is -3.28. The van der Waals surface area contributed by atoms with E-state index < -0.39 is 4.92 Å². The summed E-state index contributed by atoms with van der Waals surface area (Å²) >= 11 is 31.8. The van der Waals surface area contributed by atoms with Crippen LogP contribution in [-0.2, 0) is 0 Å². The molecule has 0 atom stereocenters. The summed E-state index contributed by atoms with van der Waals surface area (Å²) in [7, 11) is 0. The minimum absolute atomic E-state index is 0.0241. The van der Waals surface area contributed by atoms with Crippen molar-refractivity contribution in [3.63, 3.8) is 0 Å². The van der Waals surface area contributed by atoms with Gasteiger partial charge < -0.3 is 9.97 Å². The van der Waals surface area contributed by atoms with Crippen LogP contribution in [0.15, 0.2) is 133 Å². The van der Waals surface area contributed by atoms with Crippen LogP contribution >= 0.6 is 127 Å². The second-order valence-corrected chi connectivity index (χ2v) is 19.6. The van der Waals surface area contributed by atoms with Crippen LogP contribution in [0.2, 0.25) is 0 Å². The molecule has 15 heteroatoms. The smallest absolute Gasteiger partial charge is 0.269 e. The van der Waals surface area contributed by atoms with Crippen molar-refractivity contribution in [2.45, 2.75) is 0 Å². The van der Waals surface area contributed by atoms with Crippen LogP contribution in [-0.4, -0.2) is 24.9 Å². The van der Waals surface area contributed by atoms with Gasteiger partial charge in [0.15, 0.2) is 0 Å². The molecule has 0 saturated carbocycles. The van der Waals surface area contributed by atoms with Gasteiger partial charge >= 0.3 is 0 Å². The third-order valence-electron chi connectivity index (χ3n) is 9.93. The molecular weight excluding hydrogens is 1270 g/mol. The number of H-pyrrole nitrogens is 2. The third-order valence-corrected chi connectivity index (χ3v) is 18.3. The Labute approximate surface area is 404 Å².